The Kier molecular flexibility index (Phi) is 5.91. The number of sulfonamides is 1. The van der Waals surface area contributed by atoms with Crippen LogP contribution >= 0.6 is 0 Å². The first-order valence-corrected chi connectivity index (χ1v) is 15.8. The van der Waals surface area contributed by atoms with Crippen molar-refractivity contribution in [3.8, 4) is 5.75 Å². The number of hydrogen-bond donors (Lipinski definition) is 1. The number of fused-ring (bicyclic) bond motifs is 1. The fourth-order valence-corrected chi connectivity index (χ4v) is 7.88. The van der Waals surface area contributed by atoms with Gasteiger partial charge in [0.1, 0.15) is 5.75 Å². The van der Waals surface area contributed by atoms with Crippen molar-refractivity contribution in [2.45, 2.75) is 43.8 Å². The molecule has 4 rings (SSSR count). The van der Waals surface area contributed by atoms with Gasteiger partial charge in [-0.2, -0.15) is 4.31 Å². The van der Waals surface area contributed by atoms with Gasteiger partial charge in [0, 0.05) is 43.8 Å². The molecule has 2 heterocycles. The van der Waals surface area contributed by atoms with Crippen LogP contribution in [0.25, 0.3) is 10.9 Å². The van der Waals surface area contributed by atoms with E-state index in [9.17, 15) is 13.5 Å². The average Bonchev–Trinajstić information content (AvgIpc) is 3.13. The Labute approximate surface area is 198 Å². The van der Waals surface area contributed by atoms with Gasteiger partial charge in [-0.05, 0) is 59.1 Å². The highest BCUT2D eigenvalue weighted by Crippen LogP contribution is 2.39. The van der Waals surface area contributed by atoms with E-state index in [1.807, 2.05) is 31.3 Å². The third-order valence-electron chi connectivity index (χ3n) is 7.49. The van der Waals surface area contributed by atoms with Gasteiger partial charge in [-0.15, -0.1) is 0 Å². The SMILES string of the molecule is CN(CC1CN(S(=O)(=O)c2ccc3ccn([Si](C)(C)C(C)(C)C)c3c2)C1)c1ccc(O)cc1. The summed E-state index contributed by atoms with van der Waals surface area (Å²) >= 11 is 0. The van der Waals surface area contributed by atoms with Crippen molar-refractivity contribution < 1.29 is 13.5 Å². The van der Waals surface area contributed by atoms with E-state index in [0.717, 1.165) is 23.1 Å². The molecule has 2 aromatic carbocycles. The van der Waals surface area contributed by atoms with E-state index in [2.05, 4.69) is 55.3 Å². The van der Waals surface area contributed by atoms with Crippen LogP contribution in [-0.4, -0.2) is 57.0 Å². The topological polar surface area (TPSA) is 65.8 Å². The summed E-state index contributed by atoms with van der Waals surface area (Å²) in [5, 5.41) is 10.7. The number of nitrogens with zero attached hydrogens (tertiary/aromatic N) is 3. The lowest BCUT2D eigenvalue weighted by molar-refractivity contribution is 0.205. The van der Waals surface area contributed by atoms with Crippen molar-refractivity contribution in [3.63, 3.8) is 0 Å². The Morgan fingerprint density at radius 3 is 2.30 bits per heavy atom. The zero-order valence-corrected chi connectivity index (χ0v) is 22.2. The summed E-state index contributed by atoms with van der Waals surface area (Å²) in [7, 11) is -3.41. The Balaban J connectivity index is 1.51. The second kappa shape index (κ2) is 8.18. The van der Waals surface area contributed by atoms with Crippen molar-refractivity contribution in [2.75, 3.05) is 31.6 Å². The zero-order valence-electron chi connectivity index (χ0n) is 20.4. The molecule has 1 aromatic heterocycles. The molecular weight excluding hydrogens is 450 g/mol. The number of hydrogen-bond acceptors (Lipinski definition) is 4. The fraction of sp³-hybridized carbons (Fsp3) is 0.440. The van der Waals surface area contributed by atoms with Crippen LogP contribution in [0.1, 0.15) is 20.8 Å². The Bertz CT molecular complexity index is 1250. The summed E-state index contributed by atoms with van der Waals surface area (Å²) < 4.78 is 30.7. The first kappa shape index (κ1) is 23.9. The molecule has 3 aromatic rings. The Morgan fingerprint density at radius 2 is 1.70 bits per heavy atom. The minimum atomic E-state index is -3.52. The number of aromatic hydroxyl groups is 1. The monoisotopic (exact) mass is 485 g/mol. The molecule has 0 saturated carbocycles. The van der Waals surface area contributed by atoms with Crippen LogP contribution in [0.3, 0.4) is 0 Å². The van der Waals surface area contributed by atoms with Crippen LogP contribution in [-0.2, 0) is 10.0 Å². The highest BCUT2D eigenvalue weighted by atomic mass is 32.2. The van der Waals surface area contributed by atoms with E-state index in [1.54, 1.807) is 22.5 Å². The molecule has 0 spiro atoms. The van der Waals surface area contributed by atoms with Crippen molar-refractivity contribution in [1.29, 1.82) is 0 Å². The standard InChI is InChI=1S/C25H35N3O3SSi/c1-25(2,3)33(5,6)28-14-13-20-7-12-23(15-24(20)28)32(30,31)27-17-19(18-27)16-26(4)21-8-10-22(29)11-9-21/h7-15,19,29H,16-18H2,1-6H3. The molecule has 1 N–H and O–H groups in total. The van der Waals surface area contributed by atoms with E-state index in [4.69, 9.17) is 0 Å². The van der Waals surface area contributed by atoms with E-state index < -0.39 is 18.3 Å². The maximum atomic E-state index is 13.4. The van der Waals surface area contributed by atoms with Gasteiger partial charge in [0.25, 0.3) is 0 Å². The lowest BCUT2D eigenvalue weighted by atomic mass is 10.0. The first-order chi connectivity index (χ1) is 15.3. The van der Waals surface area contributed by atoms with Crippen molar-refractivity contribution in [1.82, 2.24) is 8.54 Å². The molecule has 178 valence electrons. The van der Waals surface area contributed by atoms with Gasteiger partial charge in [-0.25, -0.2) is 8.42 Å². The molecule has 0 radical (unpaired) electrons. The van der Waals surface area contributed by atoms with Crippen LogP contribution < -0.4 is 4.90 Å². The highest BCUT2D eigenvalue weighted by Gasteiger charge is 2.39. The van der Waals surface area contributed by atoms with Gasteiger partial charge in [0.2, 0.25) is 10.0 Å². The smallest absolute Gasteiger partial charge is 0.243 e. The Hall–Kier alpha value is -2.29. The summed E-state index contributed by atoms with van der Waals surface area (Å²) in [5.41, 5.74) is 2.01. The van der Waals surface area contributed by atoms with Crippen LogP contribution in [0.15, 0.2) is 59.6 Å². The van der Waals surface area contributed by atoms with Crippen LogP contribution in [0, 0.1) is 5.92 Å². The third kappa shape index (κ3) is 4.31. The molecule has 1 saturated heterocycles. The molecule has 1 fully saturated rings. The van der Waals surface area contributed by atoms with Gasteiger partial charge in [0.15, 0.2) is 8.24 Å². The van der Waals surface area contributed by atoms with Crippen LogP contribution in [0.5, 0.6) is 5.75 Å². The molecule has 0 aliphatic carbocycles. The number of phenols is 1. The fourth-order valence-electron chi connectivity index (χ4n) is 4.30. The van der Waals surface area contributed by atoms with Gasteiger partial charge >= 0.3 is 0 Å². The van der Waals surface area contributed by atoms with Gasteiger partial charge in [-0.3, -0.25) is 0 Å². The number of benzene rings is 2. The van der Waals surface area contributed by atoms with Gasteiger partial charge in [0.05, 0.1) is 4.90 Å². The number of anilines is 1. The number of phenolic OH excluding ortho intramolecular Hbond substituents is 1. The van der Waals surface area contributed by atoms with Crippen molar-refractivity contribution >= 4 is 34.8 Å². The normalized spacial score (nSPS) is 16.2. The molecule has 1 aliphatic heterocycles. The summed E-state index contributed by atoms with van der Waals surface area (Å²) in [4.78, 5) is 2.48. The van der Waals surface area contributed by atoms with Gasteiger partial charge in [-0.1, -0.05) is 39.9 Å². The predicted octanol–water partition coefficient (Wildman–Crippen LogP) is 4.96. The first-order valence-electron chi connectivity index (χ1n) is 11.4. The number of aromatic nitrogens is 1. The van der Waals surface area contributed by atoms with Crippen molar-refractivity contribution in [2.24, 2.45) is 5.92 Å². The van der Waals surface area contributed by atoms with Gasteiger partial charge < -0.3 is 14.2 Å². The lowest BCUT2D eigenvalue weighted by Crippen LogP contribution is -2.53. The molecular formula is C25H35N3O3SSi. The molecule has 0 atom stereocenters. The minimum Gasteiger partial charge on any atom is -0.508 e. The number of rotatable bonds is 6. The zero-order chi connectivity index (χ0) is 24.2. The Morgan fingerprint density at radius 1 is 1.06 bits per heavy atom. The summed E-state index contributed by atoms with van der Waals surface area (Å²) in [5.74, 6) is 0.517. The predicted molar refractivity (Wildman–Crippen MR) is 138 cm³/mol. The summed E-state index contributed by atoms with van der Waals surface area (Å²) in [6, 6.07) is 14.7. The van der Waals surface area contributed by atoms with Crippen LogP contribution in [0.2, 0.25) is 18.1 Å². The maximum Gasteiger partial charge on any atom is 0.243 e. The van der Waals surface area contributed by atoms with E-state index in [0.29, 0.717) is 18.0 Å². The second-order valence-electron chi connectivity index (χ2n) is 10.8. The summed E-state index contributed by atoms with van der Waals surface area (Å²) in [6.07, 6.45) is 2.12. The second-order valence-corrected chi connectivity index (χ2v) is 17.8. The van der Waals surface area contributed by atoms with Crippen molar-refractivity contribution in [3.05, 3.63) is 54.7 Å². The molecule has 6 nitrogen and oxygen atoms in total. The van der Waals surface area contributed by atoms with E-state index in [1.165, 1.54) is 0 Å². The molecule has 0 bridgehead atoms. The summed E-state index contributed by atoms with van der Waals surface area (Å²) in [6.45, 7) is 13.3. The molecule has 1 aliphatic rings. The van der Waals surface area contributed by atoms with E-state index >= 15 is 0 Å². The largest absolute Gasteiger partial charge is 0.508 e. The minimum absolute atomic E-state index is 0.141. The lowest BCUT2D eigenvalue weighted by Gasteiger charge is -2.40. The molecule has 0 amide bonds. The third-order valence-corrected chi connectivity index (χ3v) is 14.6. The molecule has 33 heavy (non-hydrogen) atoms. The quantitative estimate of drug-likeness (QED) is 0.501. The van der Waals surface area contributed by atoms with E-state index in [-0.39, 0.29) is 16.7 Å². The maximum absolute atomic E-state index is 13.4. The molecule has 8 heteroatoms. The molecule has 0 unspecified atom stereocenters. The van der Waals surface area contributed by atoms with Crippen LogP contribution in [0.4, 0.5) is 5.69 Å². The highest BCUT2D eigenvalue weighted by molar-refractivity contribution is 7.89. The average molecular weight is 486 g/mol.